The molecule has 2 aromatic carbocycles. The van der Waals surface area contributed by atoms with Crippen LogP contribution in [0, 0.1) is 11.8 Å². The maximum absolute atomic E-state index is 13.6. The molecule has 30 heavy (non-hydrogen) atoms. The molecule has 0 radical (unpaired) electrons. The topological polar surface area (TPSA) is 35.5 Å². The highest BCUT2D eigenvalue weighted by molar-refractivity contribution is 7.11. The number of fused-ring (bicyclic) bond motifs is 3. The minimum atomic E-state index is -0.833. The molecule has 0 amide bonds. The molecule has 3 atom stereocenters. The Bertz CT molecular complexity index is 1210. The predicted octanol–water partition coefficient (Wildman–Crippen LogP) is 5.70. The molecular weight excluding hydrogens is 392 g/mol. The van der Waals surface area contributed by atoms with E-state index in [0.29, 0.717) is 12.4 Å². The van der Waals surface area contributed by atoms with Crippen molar-refractivity contribution in [3.63, 3.8) is 0 Å². The van der Waals surface area contributed by atoms with E-state index in [-0.39, 0.29) is 17.8 Å². The van der Waals surface area contributed by atoms with Crippen molar-refractivity contribution in [2.75, 3.05) is 6.61 Å². The molecule has 0 bridgehead atoms. The number of para-hydroxylation sites is 1. The molecule has 4 heteroatoms. The maximum Gasteiger partial charge on any atom is 0.326 e. The van der Waals surface area contributed by atoms with Crippen LogP contribution in [0.1, 0.15) is 22.9 Å². The van der Waals surface area contributed by atoms with Crippen molar-refractivity contribution >= 4 is 28.6 Å². The van der Waals surface area contributed by atoms with Gasteiger partial charge in [-0.15, -0.1) is 11.3 Å². The number of hydrogen-bond donors (Lipinski definition) is 0. The standard InChI is InChI=1S/C26H20O3S/c1-16-19-15-28-24(23-12-7-13-30-23)18(19)14-21(17-8-3-2-4-9-17)26(16)20-10-5-6-11-22(20)29-25(26)27/h2-14,16,19H,15H2,1H3/t16-,19-,26-/m1/s1. The van der Waals surface area contributed by atoms with Crippen LogP contribution in [0.5, 0.6) is 5.75 Å². The van der Waals surface area contributed by atoms with Gasteiger partial charge in [-0.2, -0.15) is 0 Å². The van der Waals surface area contributed by atoms with Crippen molar-refractivity contribution in [1.29, 1.82) is 0 Å². The summed E-state index contributed by atoms with van der Waals surface area (Å²) >= 11 is 1.68. The second-order valence-electron chi connectivity index (χ2n) is 8.09. The predicted molar refractivity (Wildman–Crippen MR) is 118 cm³/mol. The molecule has 2 aliphatic heterocycles. The van der Waals surface area contributed by atoms with Gasteiger partial charge in [0.2, 0.25) is 0 Å². The maximum atomic E-state index is 13.6. The number of carbonyl (C=O) groups is 1. The molecule has 148 valence electrons. The van der Waals surface area contributed by atoms with Crippen LogP contribution in [0.2, 0.25) is 0 Å². The Hall–Kier alpha value is -3.11. The molecule has 3 heterocycles. The minimum absolute atomic E-state index is 0.00122. The van der Waals surface area contributed by atoms with Gasteiger partial charge in [0.25, 0.3) is 0 Å². The van der Waals surface area contributed by atoms with E-state index in [1.165, 1.54) is 5.57 Å². The molecule has 6 rings (SSSR count). The number of allylic oxidation sites excluding steroid dienone is 1. The molecule has 0 saturated carbocycles. The van der Waals surface area contributed by atoms with Crippen molar-refractivity contribution in [1.82, 2.24) is 0 Å². The van der Waals surface area contributed by atoms with E-state index >= 15 is 0 Å². The Labute approximate surface area is 179 Å². The van der Waals surface area contributed by atoms with Crippen molar-refractivity contribution in [2.45, 2.75) is 12.3 Å². The number of carbonyl (C=O) groups excluding carboxylic acids is 1. The first kappa shape index (κ1) is 17.7. The molecule has 3 aliphatic rings. The Balaban J connectivity index is 1.67. The summed E-state index contributed by atoms with van der Waals surface area (Å²) in [4.78, 5) is 14.7. The number of thiophene rings is 1. The van der Waals surface area contributed by atoms with Crippen molar-refractivity contribution in [3.05, 3.63) is 99.8 Å². The van der Waals surface area contributed by atoms with Gasteiger partial charge in [-0.1, -0.05) is 61.5 Å². The molecule has 3 aromatic rings. The number of benzene rings is 2. The summed E-state index contributed by atoms with van der Waals surface area (Å²) in [6.07, 6.45) is 2.20. The summed E-state index contributed by atoms with van der Waals surface area (Å²) in [5, 5.41) is 2.07. The first-order valence-corrected chi connectivity index (χ1v) is 11.1. The lowest BCUT2D eigenvalue weighted by molar-refractivity contribution is -0.138. The molecule has 0 saturated heterocycles. The van der Waals surface area contributed by atoms with E-state index in [1.54, 1.807) is 11.3 Å². The highest BCUT2D eigenvalue weighted by Gasteiger charge is 2.60. The summed E-state index contributed by atoms with van der Waals surface area (Å²) in [6.45, 7) is 2.75. The van der Waals surface area contributed by atoms with Gasteiger partial charge in [0.05, 0.1) is 11.5 Å². The van der Waals surface area contributed by atoms with Gasteiger partial charge in [-0.05, 0) is 40.6 Å². The van der Waals surface area contributed by atoms with E-state index in [9.17, 15) is 4.79 Å². The summed E-state index contributed by atoms with van der Waals surface area (Å²) in [6, 6.07) is 22.2. The lowest BCUT2D eigenvalue weighted by Gasteiger charge is -2.41. The van der Waals surface area contributed by atoms with Gasteiger partial charge in [0, 0.05) is 17.1 Å². The fraction of sp³-hybridized carbons (Fsp3) is 0.192. The minimum Gasteiger partial charge on any atom is -0.491 e. The zero-order valence-electron chi connectivity index (χ0n) is 16.5. The smallest absolute Gasteiger partial charge is 0.326 e. The molecule has 0 fully saturated rings. The lowest BCUT2D eigenvalue weighted by atomic mass is 9.57. The van der Waals surface area contributed by atoms with Crippen molar-refractivity contribution in [2.24, 2.45) is 11.8 Å². The van der Waals surface area contributed by atoms with Crippen LogP contribution in [0.3, 0.4) is 0 Å². The molecular formula is C26H20O3S. The summed E-state index contributed by atoms with van der Waals surface area (Å²) < 4.78 is 12.1. The average molecular weight is 413 g/mol. The van der Waals surface area contributed by atoms with E-state index < -0.39 is 5.41 Å². The van der Waals surface area contributed by atoms with Gasteiger partial charge in [-0.3, -0.25) is 4.79 Å². The third-order valence-corrected chi connectivity index (χ3v) is 7.62. The third kappa shape index (κ3) is 2.23. The Morgan fingerprint density at radius 1 is 1.00 bits per heavy atom. The second-order valence-corrected chi connectivity index (χ2v) is 9.03. The van der Waals surface area contributed by atoms with Crippen LogP contribution < -0.4 is 4.74 Å². The molecule has 0 N–H and O–H groups in total. The van der Waals surface area contributed by atoms with Crippen LogP contribution >= 0.6 is 11.3 Å². The molecule has 0 unspecified atom stereocenters. The number of ether oxygens (including phenoxy) is 2. The SMILES string of the molecule is C[C@@H]1[C@H]2COC(c3cccs3)=C2C=C(c2ccccc2)[C@@]12C(=O)Oc1ccccc12. The van der Waals surface area contributed by atoms with Crippen molar-refractivity contribution in [3.8, 4) is 5.75 Å². The molecule has 1 spiro atoms. The van der Waals surface area contributed by atoms with Gasteiger partial charge < -0.3 is 9.47 Å². The first-order valence-electron chi connectivity index (χ1n) is 10.2. The van der Waals surface area contributed by atoms with Crippen LogP contribution in [0.4, 0.5) is 0 Å². The van der Waals surface area contributed by atoms with E-state index in [4.69, 9.17) is 9.47 Å². The zero-order chi connectivity index (χ0) is 20.3. The number of rotatable bonds is 2. The van der Waals surface area contributed by atoms with Gasteiger partial charge in [0.1, 0.15) is 16.9 Å². The molecule has 1 aromatic heterocycles. The van der Waals surface area contributed by atoms with E-state index in [0.717, 1.165) is 27.3 Å². The highest BCUT2D eigenvalue weighted by atomic mass is 32.1. The third-order valence-electron chi connectivity index (χ3n) is 6.75. The quantitative estimate of drug-likeness (QED) is 0.400. The summed E-state index contributed by atoms with van der Waals surface area (Å²) in [5.74, 6) is 1.57. The van der Waals surface area contributed by atoms with Gasteiger partial charge in [0.15, 0.2) is 0 Å². The Morgan fingerprint density at radius 2 is 1.80 bits per heavy atom. The highest BCUT2D eigenvalue weighted by Crippen LogP contribution is 2.60. The van der Waals surface area contributed by atoms with Crippen LogP contribution in [-0.4, -0.2) is 12.6 Å². The number of esters is 1. The Morgan fingerprint density at radius 3 is 2.60 bits per heavy atom. The lowest BCUT2D eigenvalue weighted by Crippen LogP contribution is -2.47. The largest absolute Gasteiger partial charge is 0.491 e. The van der Waals surface area contributed by atoms with Crippen LogP contribution in [0.15, 0.2) is 83.8 Å². The van der Waals surface area contributed by atoms with Crippen LogP contribution in [0.25, 0.3) is 11.3 Å². The Kier molecular flexibility index (Phi) is 3.81. The van der Waals surface area contributed by atoms with Crippen molar-refractivity contribution < 1.29 is 14.3 Å². The molecule has 3 nitrogen and oxygen atoms in total. The normalized spacial score (nSPS) is 26.8. The monoisotopic (exact) mass is 412 g/mol. The van der Waals surface area contributed by atoms with Gasteiger partial charge in [-0.25, -0.2) is 0 Å². The first-order chi connectivity index (χ1) is 14.7. The number of hydrogen-bond acceptors (Lipinski definition) is 4. The van der Waals surface area contributed by atoms with E-state index in [2.05, 4.69) is 36.6 Å². The summed E-state index contributed by atoms with van der Waals surface area (Å²) in [7, 11) is 0. The van der Waals surface area contributed by atoms with Crippen LogP contribution in [-0.2, 0) is 14.9 Å². The second kappa shape index (κ2) is 6.44. The fourth-order valence-electron chi connectivity index (χ4n) is 5.33. The van der Waals surface area contributed by atoms with E-state index in [1.807, 2.05) is 48.5 Å². The average Bonchev–Trinajstić information content (AvgIpc) is 3.50. The fourth-order valence-corrected chi connectivity index (χ4v) is 6.07. The zero-order valence-corrected chi connectivity index (χ0v) is 17.3. The van der Waals surface area contributed by atoms with Gasteiger partial charge >= 0.3 is 5.97 Å². The molecule has 1 aliphatic carbocycles. The summed E-state index contributed by atoms with van der Waals surface area (Å²) in [5.41, 5.74) is 3.35.